The monoisotopic (exact) mass is 679 g/mol. The van der Waals surface area contributed by atoms with Crippen molar-refractivity contribution in [3.63, 3.8) is 0 Å². The van der Waals surface area contributed by atoms with E-state index in [9.17, 15) is 0 Å². The molecule has 0 aliphatic heterocycles. The third kappa shape index (κ3) is 348. The Bertz CT molecular complexity index is 362. The van der Waals surface area contributed by atoms with Gasteiger partial charge in [-0.25, -0.2) is 0 Å². The molecule has 0 saturated heterocycles. The first-order valence-corrected chi connectivity index (χ1v) is 21.0. The van der Waals surface area contributed by atoms with Crippen LogP contribution in [0.3, 0.4) is 0 Å². The van der Waals surface area contributed by atoms with Crippen LogP contribution in [0.5, 0.6) is 0 Å². The van der Waals surface area contributed by atoms with E-state index in [0.29, 0.717) is 16.2 Å². The van der Waals surface area contributed by atoms with Crippen LogP contribution in [0, 0.1) is 39.9 Å². The van der Waals surface area contributed by atoms with Gasteiger partial charge < -0.3 is 0 Å². The third-order valence-electron chi connectivity index (χ3n) is 5.70. The molecule has 0 heteroatoms. The van der Waals surface area contributed by atoms with Gasteiger partial charge in [0.1, 0.15) is 0 Å². The molecule has 0 unspecified atom stereocenters. The second-order valence-electron chi connectivity index (χ2n) is 18.2. The highest BCUT2D eigenvalue weighted by Gasteiger charge is 2.03. The van der Waals surface area contributed by atoms with Crippen molar-refractivity contribution in [2.45, 2.75) is 272 Å². The van der Waals surface area contributed by atoms with Crippen molar-refractivity contribution < 1.29 is 0 Å². The topological polar surface area (TPSA) is 0 Å². The highest BCUT2D eigenvalue weighted by atomic mass is 14.1. The molecule has 0 aromatic heterocycles. The Labute approximate surface area is 311 Å². The average molecular weight is 679 g/mol. The summed E-state index contributed by atoms with van der Waals surface area (Å²) in [6.45, 7) is 65.8. The number of hydrogen-bond donors (Lipinski definition) is 0. The molecule has 0 aliphatic carbocycles. The maximum atomic E-state index is 2.28. The fourth-order valence-electron chi connectivity index (χ4n) is 0.866. The summed E-state index contributed by atoms with van der Waals surface area (Å²) in [5.41, 5.74) is 1.58. The van der Waals surface area contributed by atoms with Crippen molar-refractivity contribution in [2.75, 3.05) is 0 Å². The zero-order valence-electron chi connectivity index (χ0n) is 40.9. The van der Waals surface area contributed by atoms with Gasteiger partial charge in [0.25, 0.3) is 0 Å². The Morgan fingerprint density at radius 2 is 0.553 bits per heavy atom. The molecular weight excluding hydrogens is 565 g/mol. The predicted molar refractivity (Wildman–Crippen MR) is 238 cm³/mol. The Balaban J connectivity index is -0.0000000410. The number of rotatable bonds is 6. The first-order chi connectivity index (χ1) is 21.0. The second kappa shape index (κ2) is 58.2. The van der Waals surface area contributed by atoms with Crippen LogP contribution >= 0.6 is 0 Å². The lowest BCUT2D eigenvalue weighted by Gasteiger charge is -2.12. The minimum atomic E-state index is 0.500. The van der Waals surface area contributed by atoms with Gasteiger partial charge in [0.05, 0.1) is 0 Å². The van der Waals surface area contributed by atoms with E-state index in [1.54, 1.807) is 0 Å². The van der Waals surface area contributed by atoms with Crippen molar-refractivity contribution in [1.82, 2.24) is 0 Å². The maximum Gasteiger partial charge on any atom is -0.0385 e. The fraction of sp³-hybridized carbons (Fsp3) is 1.00. The van der Waals surface area contributed by atoms with Crippen LogP contribution < -0.4 is 0 Å². The van der Waals surface area contributed by atoms with E-state index < -0.39 is 0 Å². The molecule has 0 amide bonds. The van der Waals surface area contributed by atoms with Gasteiger partial charge in [-0.1, -0.05) is 272 Å². The van der Waals surface area contributed by atoms with Crippen molar-refractivity contribution in [2.24, 2.45) is 39.9 Å². The SMILES string of the molecule is CC.CC(C)(C)C.CC(C)C.CCC.CCC(C)(C)C.CCC(C)(C)C.CCC(C)C.CCC(C)CC.CCCC.CCCC(C)C. The molecule has 0 fully saturated rings. The third-order valence-corrected chi connectivity index (χ3v) is 5.70. The summed E-state index contributed by atoms with van der Waals surface area (Å²) in [4.78, 5) is 0. The van der Waals surface area contributed by atoms with Gasteiger partial charge in [-0.05, 0) is 39.9 Å². The van der Waals surface area contributed by atoms with Crippen LogP contribution in [0.15, 0.2) is 0 Å². The summed E-state index contributed by atoms with van der Waals surface area (Å²) in [6, 6.07) is 0. The first-order valence-electron chi connectivity index (χ1n) is 21.0. The van der Waals surface area contributed by atoms with Crippen LogP contribution in [0.2, 0.25) is 0 Å². The van der Waals surface area contributed by atoms with Crippen LogP contribution in [0.25, 0.3) is 0 Å². The van der Waals surface area contributed by atoms with Crippen LogP contribution in [-0.2, 0) is 0 Å². The minimum Gasteiger partial charge on any atom is -0.0683 e. The average Bonchev–Trinajstić information content (AvgIpc) is 2.93. The van der Waals surface area contributed by atoms with E-state index in [1.165, 1.54) is 64.2 Å². The molecule has 302 valence electrons. The molecule has 0 radical (unpaired) electrons. The highest BCUT2D eigenvalue weighted by molar-refractivity contribution is 4.56. The molecule has 0 N–H and O–H groups in total. The molecule has 0 aliphatic rings. The van der Waals surface area contributed by atoms with E-state index in [2.05, 4.69) is 194 Å². The van der Waals surface area contributed by atoms with Gasteiger partial charge in [0.15, 0.2) is 0 Å². The van der Waals surface area contributed by atoms with Gasteiger partial charge in [-0.2, -0.15) is 0 Å². The summed E-state index contributed by atoms with van der Waals surface area (Å²) in [6.07, 6.45) is 13.1. The van der Waals surface area contributed by atoms with Gasteiger partial charge in [-0.15, -0.1) is 0 Å². The van der Waals surface area contributed by atoms with Crippen molar-refractivity contribution in [1.29, 1.82) is 0 Å². The van der Waals surface area contributed by atoms with Gasteiger partial charge in [0.2, 0.25) is 0 Å². The summed E-state index contributed by atoms with van der Waals surface area (Å²) in [7, 11) is 0. The van der Waals surface area contributed by atoms with Gasteiger partial charge in [-0.3, -0.25) is 0 Å². The highest BCUT2D eigenvalue weighted by Crippen LogP contribution is 2.16. The molecular formula is C47H114. The van der Waals surface area contributed by atoms with Gasteiger partial charge >= 0.3 is 0 Å². The normalized spacial score (nSPS) is 9.83. The largest absolute Gasteiger partial charge is 0.0683 e. The summed E-state index contributed by atoms with van der Waals surface area (Å²) in [5.74, 6) is 3.55. The molecule has 0 saturated carbocycles. The fourth-order valence-corrected chi connectivity index (χ4v) is 0.866. The van der Waals surface area contributed by atoms with Crippen molar-refractivity contribution in [3.05, 3.63) is 0 Å². The van der Waals surface area contributed by atoms with Crippen LogP contribution in [0.4, 0.5) is 0 Å². The van der Waals surface area contributed by atoms with E-state index in [4.69, 9.17) is 0 Å². The first kappa shape index (κ1) is 72.6. The quantitative estimate of drug-likeness (QED) is 0.262. The molecule has 0 nitrogen and oxygen atoms in total. The molecule has 0 atom stereocenters. The molecule has 0 aromatic carbocycles. The molecule has 0 heterocycles. The zero-order valence-corrected chi connectivity index (χ0v) is 40.9. The Kier molecular flexibility index (Phi) is 90.0. The van der Waals surface area contributed by atoms with Crippen LogP contribution in [-0.4, -0.2) is 0 Å². The molecule has 47 heavy (non-hydrogen) atoms. The standard InChI is InChI=1S/4C6H14.2C5H12.2C4H10.C3H8.C2H6/c2*1-5-6(2,3)4;1-4-5-6(2)3;1-4-6(3)5-2;1-5(2,3)4;1-4-5(2)3;1-4(2)3;1-3-4-2;1-3-2;1-2/h2*5H2,1-4H3;2*6H,4-5H2,1-3H3;1-4H3;5H,4H2,1-3H3;4H,1-3H3;3-4H2,1-2H3;3H2,1-2H3;1-2H3. The zero-order chi connectivity index (χ0) is 40.9. The maximum absolute atomic E-state index is 2.28. The lowest BCUT2D eigenvalue weighted by atomic mass is 9.94. The second-order valence-corrected chi connectivity index (χ2v) is 18.2. The van der Waals surface area contributed by atoms with Crippen LogP contribution in [0.1, 0.15) is 272 Å². The van der Waals surface area contributed by atoms with E-state index >= 15 is 0 Å². The summed E-state index contributed by atoms with van der Waals surface area (Å²) >= 11 is 0. The molecule has 0 bridgehead atoms. The lowest BCUT2D eigenvalue weighted by Crippen LogP contribution is -2.00. The summed E-state index contributed by atoms with van der Waals surface area (Å²) in [5, 5.41) is 0. The smallest absolute Gasteiger partial charge is 0.0385 e. The number of unbranched alkanes of at least 4 members (excludes halogenated alkanes) is 1. The van der Waals surface area contributed by atoms with E-state index in [0.717, 1.165) is 23.7 Å². The van der Waals surface area contributed by atoms with Gasteiger partial charge in [0, 0.05) is 0 Å². The molecule has 0 rings (SSSR count). The minimum absolute atomic E-state index is 0.500. The van der Waals surface area contributed by atoms with Crippen molar-refractivity contribution in [3.8, 4) is 0 Å². The predicted octanol–water partition coefficient (Wildman–Crippen LogP) is 19.8. The molecule has 0 spiro atoms. The van der Waals surface area contributed by atoms with E-state index in [1.807, 2.05) is 13.8 Å². The Morgan fingerprint density at radius 3 is 0.553 bits per heavy atom. The lowest BCUT2D eigenvalue weighted by molar-refractivity contribution is 0.397. The van der Waals surface area contributed by atoms with Crippen molar-refractivity contribution >= 4 is 0 Å². The summed E-state index contributed by atoms with van der Waals surface area (Å²) < 4.78 is 0. The molecule has 0 aromatic rings. The van der Waals surface area contributed by atoms with E-state index in [-0.39, 0.29) is 0 Å². The Morgan fingerprint density at radius 1 is 0.383 bits per heavy atom. The Hall–Kier alpha value is 0. The number of hydrogen-bond acceptors (Lipinski definition) is 0.